The molecule has 0 saturated carbocycles. The number of benzene rings is 1. The fourth-order valence-electron chi connectivity index (χ4n) is 1.83. The highest BCUT2D eigenvalue weighted by Gasteiger charge is 2.36. The topological polar surface area (TPSA) is 37.3 Å². The molecule has 0 fully saturated rings. The molecule has 15 heavy (non-hydrogen) atoms. The predicted octanol–water partition coefficient (Wildman–Crippen LogP) is 3.00. The summed E-state index contributed by atoms with van der Waals surface area (Å²) in [4.78, 5) is 11.4. The molecular weight excluding hydrogens is 188 g/mol. The first-order chi connectivity index (χ1) is 7.17. The molecule has 0 spiro atoms. The van der Waals surface area contributed by atoms with Crippen molar-refractivity contribution in [2.24, 2.45) is 0 Å². The molecule has 0 saturated heterocycles. The molecule has 1 rings (SSSR count). The molecule has 1 aromatic carbocycles. The molecule has 0 aliphatic carbocycles. The number of carboxylic acid groups (broad SMARTS) is 1. The minimum atomic E-state index is -0.816. The SMILES string of the molecule is C=CC[C@@](CC)(C(=O)O)c1ccccc1. The Morgan fingerprint density at radius 1 is 1.47 bits per heavy atom. The maximum Gasteiger partial charge on any atom is 0.314 e. The van der Waals surface area contributed by atoms with Gasteiger partial charge in [-0.2, -0.15) is 0 Å². The molecule has 0 aromatic heterocycles. The van der Waals surface area contributed by atoms with Gasteiger partial charge in [0.05, 0.1) is 5.41 Å². The van der Waals surface area contributed by atoms with E-state index in [-0.39, 0.29) is 0 Å². The van der Waals surface area contributed by atoms with Crippen molar-refractivity contribution in [1.82, 2.24) is 0 Å². The summed E-state index contributed by atoms with van der Waals surface area (Å²) in [6.07, 6.45) is 2.70. The smallest absolute Gasteiger partial charge is 0.314 e. The van der Waals surface area contributed by atoms with Crippen LogP contribution in [0.1, 0.15) is 25.3 Å². The van der Waals surface area contributed by atoms with Gasteiger partial charge in [0, 0.05) is 0 Å². The summed E-state index contributed by atoms with van der Waals surface area (Å²) in [5.74, 6) is -0.781. The summed E-state index contributed by atoms with van der Waals surface area (Å²) < 4.78 is 0. The Bertz CT molecular complexity index is 343. The number of aliphatic carboxylic acids is 1. The van der Waals surface area contributed by atoms with Crippen molar-refractivity contribution in [3.8, 4) is 0 Å². The Labute approximate surface area is 90.3 Å². The molecule has 1 aromatic rings. The number of rotatable bonds is 5. The van der Waals surface area contributed by atoms with Crippen molar-refractivity contribution in [2.45, 2.75) is 25.2 Å². The van der Waals surface area contributed by atoms with E-state index >= 15 is 0 Å². The van der Waals surface area contributed by atoms with Crippen molar-refractivity contribution < 1.29 is 9.90 Å². The second kappa shape index (κ2) is 4.78. The zero-order chi connectivity index (χ0) is 11.3. The van der Waals surface area contributed by atoms with Crippen molar-refractivity contribution >= 4 is 5.97 Å². The normalized spacial score (nSPS) is 14.2. The van der Waals surface area contributed by atoms with E-state index in [1.807, 2.05) is 37.3 Å². The summed E-state index contributed by atoms with van der Waals surface area (Å²) in [5.41, 5.74) is 0.0307. The van der Waals surface area contributed by atoms with E-state index in [2.05, 4.69) is 6.58 Å². The highest BCUT2D eigenvalue weighted by molar-refractivity contribution is 5.81. The van der Waals surface area contributed by atoms with Gasteiger partial charge in [-0.25, -0.2) is 0 Å². The van der Waals surface area contributed by atoms with Crippen LogP contribution in [0.4, 0.5) is 0 Å². The fraction of sp³-hybridized carbons (Fsp3) is 0.308. The lowest BCUT2D eigenvalue weighted by Gasteiger charge is -2.27. The van der Waals surface area contributed by atoms with Crippen molar-refractivity contribution in [3.05, 3.63) is 48.6 Å². The van der Waals surface area contributed by atoms with Gasteiger partial charge >= 0.3 is 5.97 Å². The molecule has 0 unspecified atom stereocenters. The Balaban J connectivity index is 3.21. The first-order valence-electron chi connectivity index (χ1n) is 5.07. The van der Waals surface area contributed by atoms with Crippen LogP contribution in [-0.2, 0) is 10.2 Å². The average molecular weight is 204 g/mol. The van der Waals surface area contributed by atoms with Gasteiger partial charge in [0.1, 0.15) is 0 Å². The first-order valence-corrected chi connectivity index (χ1v) is 5.07. The van der Waals surface area contributed by atoms with Gasteiger partial charge in [-0.15, -0.1) is 6.58 Å². The lowest BCUT2D eigenvalue weighted by molar-refractivity contribution is -0.144. The number of hydrogen-bond acceptors (Lipinski definition) is 1. The molecule has 2 nitrogen and oxygen atoms in total. The van der Waals surface area contributed by atoms with Crippen LogP contribution in [0, 0.1) is 0 Å². The monoisotopic (exact) mass is 204 g/mol. The molecule has 2 heteroatoms. The average Bonchev–Trinajstić information content (AvgIpc) is 2.26. The standard InChI is InChI=1S/C13H16O2/c1-3-10-13(4-2,12(14)15)11-8-6-5-7-9-11/h3,5-9H,1,4,10H2,2H3,(H,14,15)/t13-/m1/s1. The number of carbonyl (C=O) groups is 1. The molecule has 0 amide bonds. The summed E-state index contributed by atoms with van der Waals surface area (Å²) in [5, 5.41) is 9.36. The second-order valence-electron chi connectivity index (χ2n) is 3.60. The maximum atomic E-state index is 11.4. The Morgan fingerprint density at radius 2 is 2.07 bits per heavy atom. The van der Waals surface area contributed by atoms with Crippen molar-refractivity contribution in [3.63, 3.8) is 0 Å². The quantitative estimate of drug-likeness (QED) is 0.748. The van der Waals surface area contributed by atoms with Crippen molar-refractivity contribution in [2.75, 3.05) is 0 Å². The number of carboxylic acids is 1. The Hall–Kier alpha value is -1.57. The Kier molecular flexibility index (Phi) is 3.67. The molecule has 0 bridgehead atoms. The lowest BCUT2D eigenvalue weighted by atomic mass is 9.75. The molecule has 80 valence electrons. The lowest BCUT2D eigenvalue weighted by Crippen LogP contribution is -2.34. The van der Waals surface area contributed by atoms with E-state index in [0.717, 1.165) is 5.56 Å². The highest BCUT2D eigenvalue weighted by Crippen LogP contribution is 2.32. The largest absolute Gasteiger partial charge is 0.481 e. The molecular formula is C13H16O2. The van der Waals surface area contributed by atoms with Gasteiger partial charge in [0.25, 0.3) is 0 Å². The predicted molar refractivity (Wildman–Crippen MR) is 60.9 cm³/mol. The molecule has 0 radical (unpaired) electrons. The van der Waals surface area contributed by atoms with Crippen LogP contribution in [0.2, 0.25) is 0 Å². The summed E-state index contributed by atoms with van der Waals surface area (Å²) >= 11 is 0. The van der Waals surface area contributed by atoms with E-state index in [1.54, 1.807) is 6.08 Å². The number of hydrogen-bond donors (Lipinski definition) is 1. The van der Waals surface area contributed by atoms with Gasteiger partial charge in [0.15, 0.2) is 0 Å². The van der Waals surface area contributed by atoms with Gasteiger partial charge in [0.2, 0.25) is 0 Å². The molecule has 0 aliphatic heterocycles. The van der Waals surface area contributed by atoms with Crippen LogP contribution in [0.3, 0.4) is 0 Å². The van der Waals surface area contributed by atoms with E-state index in [9.17, 15) is 9.90 Å². The van der Waals surface area contributed by atoms with Crippen LogP contribution in [0.25, 0.3) is 0 Å². The summed E-state index contributed by atoms with van der Waals surface area (Å²) in [7, 11) is 0. The zero-order valence-corrected chi connectivity index (χ0v) is 8.94. The van der Waals surface area contributed by atoms with E-state index in [1.165, 1.54) is 0 Å². The Morgan fingerprint density at radius 3 is 2.47 bits per heavy atom. The molecule has 1 N–H and O–H groups in total. The number of allylic oxidation sites excluding steroid dienone is 1. The highest BCUT2D eigenvalue weighted by atomic mass is 16.4. The van der Waals surface area contributed by atoms with Gasteiger partial charge < -0.3 is 5.11 Å². The van der Waals surface area contributed by atoms with Gasteiger partial charge in [-0.3, -0.25) is 4.79 Å². The summed E-state index contributed by atoms with van der Waals surface area (Å²) in [6, 6.07) is 9.35. The van der Waals surface area contributed by atoms with Crippen LogP contribution < -0.4 is 0 Å². The third-order valence-electron chi connectivity index (χ3n) is 2.83. The fourth-order valence-corrected chi connectivity index (χ4v) is 1.83. The van der Waals surface area contributed by atoms with Crippen molar-refractivity contribution in [1.29, 1.82) is 0 Å². The maximum absolute atomic E-state index is 11.4. The van der Waals surface area contributed by atoms with Crippen LogP contribution in [0.15, 0.2) is 43.0 Å². The summed E-state index contributed by atoms with van der Waals surface area (Å²) in [6.45, 7) is 5.53. The molecule has 0 heterocycles. The first kappa shape index (κ1) is 11.5. The van der Waals surface area contributed by atoms with Crippen LogP contribution in [0.5, 0.6) is 0 Å². The minimum absolute atomic E-state index is 0.461. The van der Waals surface area contributed by atoms with E-state index in [4.69, 9.17) is 0 Å². The second-order valence-corrected chi connectivity index (χ2v) is 3.60. The van der Waals surface area contributed by atoms with E-state index in [0.29, 0.717) is 12.8 Å². The van der Waals surface area contributed by atoms with Crippen LogP contribution in [-0.4, -0.2) is 11.1 Å². The molecule has 1 atom stereocenters. The van der Waals surface area contributed by atoms with E-state index < -0.39 is 11.4 Å². The van der Waals surface area contributed by atoms with Gasteiger partial charge in [-0.05, 0) is 18.4 Å². The van der Waals surface area contributed by atoms with Gasteiger partial charge in [-0.1, -0.05) is 43.3 Å². The van der Waals surface area contributed by atoms with Crippen LogP contribution >= 0.6 is 0 Å². The minimum Gasteiger partial charge on any atom is -0.481 e. The third kappa shape index (κ3) is 2.09. The molecule has 0 aliphatic rings. The zero-order valence-electron chi connectivity index (χ0n) is 8.94. The third-order valence-corrected chi connectivity index (χ3v) is 2.83.